The number of ether oxygens (including phenoxy) is 1. The Morgan fingerprint density at radius 1 is 0.741 bits per heavy atom. The van der Waals surface area contributed by atoms with Crippen LogP contribution in [0.3, 0.4) is 0 Å². The summed E-state index contributed by atoms with van der Waals surface area (Å²) < 4.78 is 9.97. The maximum Gasteiger partial charge on any atom is 0.221 e. The van der Waals surface area contributed by atoms with E-state index in [-0.39, 0.29) is 0 Å². The molecule has 130 valence electrons. The van der Waals surface area contributed by atoms with Gasteiger partial charge in [0.1, 0.15) is 5.75 Å². The number of methoxy groups -OCH3 is 1. The first-order valence-electron chi connectivity index (χ1n) is 8.91. The van der Waals surface area contributed by atoms with Crippen LogP contribution in [0.15, 0.2) is 60.7 Å². The van der Waals surface area contributed by atoms with Crippen LogP contribution in [-0.4, -0.2) is 25.9 Å². The van der Waals surface area contributed by atoms with E-state index in [1.54, 1.807) is 7.11 Å². The molecule has 0 radical (unpaired) electrons. The standard InChI is InChI=1S/C22H16N4O/c1-13-19(27-2)12-11-18-20(13)21-23-14-7-3-6-10-17(14)26(21)22-24-15-8-4-5-9-16(15)25(18)22/h3-12H,1-2H3. The Balaban J connectivity index is 2.05. The smallest absolute Gasteiger partial charge is 0.221 e. The summed E-state index contributed by atoms with van der Waals surface area (Å²) in [5.74, 6) is 1.73. The number of aromatic nitrogens is 4. The number of fused-ring (bicyclic) bond motifs is 10. The molecule has 0 fully saturated rings. The molecule has 0 aliphatic heterocycles. The van der Waals surface area contributed by atoms with E-state index in [2.05, 4.69) is 46.1 Å². The number of rotatable bonds is 1. The third-order valence-corrected chi connectivity index (χ3v) is 5.38. The summed E-state index contributed by atoms with van der Waals surface area (Å²) in [5, 5.41) is 1.08. The Morgan fingerprint density at radius 3 is 2.15 bits per heavy atom. The van der Waals surface area contributed by atoms with Gasteiger partial charge in [0, 0.05) is 10.9 Å². The second-order valence-electron chi connectivity index (χ2n) is 6.78. The van der Waals surface area contributed by atoms with Crippen molar-refractivity contribution in [2.24, 2.45) is 0 Å². The fourth-order valence-electron chi connectivity index (χ4n) is 4.16. The van der Waals surface area contributed by atoms with Gasteiger partial charge in [-0.2, -0.15) is 0 Å². The predicted octanol–water partition coefficient (Wildman–Crippen LogP) is 4.76. The minimum absolute atomic E-state index is 0.861. The second kappa shape index (κ2) is 4.98. The quantitative estimate of drug-likeness (QED) is 0.429. The van der Waals surface area contributed by atoms with Gasteiger partial charge >= 0.3 is 0 Å². The van der Waals surface area contributed by atoms with Gasteiger partial charge in [-0.1, -0.05) is 24.3 Å². The lowest BCUT2D eigenvalue weighted by Gasteiger charge is -2.12. The van der Waals surface area contributed by atoms with E-state index in [9.17, 15) is 0 Å². The van der Waals surface area contributed by atoms with Crippen molar-refractivity contribution in [3.05, 3.63) is 66.2 Å². The van der Waals surface area contributed by atoms with Crippen molar-refractivity contribution in [2.45, 2.75) is 6.92 Å². The molecule has 0 spiro atoms. The van der Waals surface area contributed by atoms with Gasteiger partial charge in [-0.15, -0.1) is 0 Å². The molecular weight excluding hydrogens is 336 g/mol. The molecule has 0 bridgehead atoms. The maximum absolute atomic E-state index is 5.60. The van der Waals surface area contributed by atoms with Gasteiger partial charge < -0.3 is 4.74 Å². The van der Waals surface area contributed by atoms with E-state index in [0.717, 1.165) is 55.7 Å². The van der Waals surface area contributed by atoms with Crippen LogP contribution in [0.25, 0.3) is 44.4 Å². The van der Waals surface area contributed by atoms with Crippen LogP contribution in [0.2, 0.25) is 0 Å². The van der Waals surface area contributed by atoms with Gasteiger partial charge in [0.15, 0.2) is 5.65 Å². The second-order valence-corrected chi connectivity index (χ2v) is 6.78. The molecular formula is C22H16N4O. The minimum Gasteiger partial charge on any atom is -0.496 e. The van der Waals surface area contributed by atoms with E-state index in [1.165, 1.54) is 0 Å². The van der Waals surface area contributed by atoms with Crippen molar-refractivity contribution in [2.75, 3.05) is 7.11 Å². The van der Waals surface area contributed by atoms with Crippen molar-refractivity contribution >= 4 is 44.4 Å². The van der Waals surface area contributed by atoms with Crippen molar-refractivity contribution in [3.8, 4) is 5.75 Å². The SMILES string of the molecule is COc1ccc2c(c1C)c1nc3ccccc3n1c1nc3ccccc3n21. The number of hydrogen-bond donors (Lipinski definition) is 0. The van der Waals surface area contributed by atoms with Gasteiger partial charge in [0.2, 0.25) is 5.78 Å². The molecule has 0 unspecified atom stereocenters. The summed E-state index contributed by atoms with van der Waals surface area (Å²) in [6.07, 6.45) is 0. The molecule has 0 aliphatic carbocycles. The highest BCUT2D eigenvalue weighted by Gasteiger charge is 2.19. The third-order valence-electron chi connectivity index (χ3n) is 5.38. The van der Waals surface area contributed by atoms with Gasteiger partial charge in [-0.25, -0.2) is 9.97 Å². The topological polar surface area (TPSA) is 43.8 Å². The van der Waals surface area contributed by atoms with Crippen molar-refractivity contribution in [1.82, 2.24) is 18.8 Å². The molecule has 5 nitrogen and oxygen atoms in total. The normalized spacial score (nSPS) is 12.1. The van der Waals surface area contributed by atoms with Crippen LogP contribution < -0.4 is 4.74 Å². The summed E-state index contributed by atoms with van der Waals surface area (Å²) in [6.45, 7) is 2.09. The average Bonchev–Trinajstić information content (AvgIpc) is 3.26. The van der Waals surface area contributed by atoms with E-state index in [1.807, 2.05) is 30.3 Å². The molecule has 0 aliphatic rings. The van der Waals surface area contributed by atoms with Crippen molar-refractivity contribution in [1.29, 1.82) is 0 Å². The Morgan fingerprint density at radius 2 is 1.41 bits per heavy atom. The molecule has 3 aromatic heterocycles. The lowest BCUT2D eigenvalue weighted by Crippen LogP contribution is -2.00. The summed E-state index contributed by atoms with van der Waals surface area (Å²) in [7, 11) is 1.71. The largest absolute Gasteiger partial charge is 0.496 e. The molecule has 27 heavy (non-hydrogen) atoms. The van der Waals surface area contributed by atoms with Crippen LogP contribution >= 0.6 is 0 Å². The zero-order chi connectivity index (χ0) is 18.1. The zero-order valence-electron chi connectivity index (χ0n) is 15.0. The van der Waals surface area contributed by atoms with Gasteiger partial charge in [0.25, 0.3) is 0 Å². The van der Waals surface area contributed by atoms with Crippen LogP contribution in [-0.2, 0) is 0 Å². The summed E-state index contributed by atoms with van der Waals surface area (Å²) in [4.78, 5) is 9.90. The molecule has 6 rings (SSSR count). The maximum atomic E-state index is 5.60. The van der Waals surface area contributed by atoms with Crippen LogP contribution in [0, 0.1) is 6.92 Å². The highest BCUT2D eigenvalue weighted by atomic mass is 16.5. The molecule has 5 heteroatoms. The van der Waals surface area contributed by atoms with E-state index in [4.69, 9.17) is 14.7 Å². The molecule has 0 atom stereocenters. The van der Waals surface area contributed by atoms with Crippen LogP contribution in [0.5, 0.6) is 5.75 Å². The fraction of sp³-hybridized carbons (Fsp3) is 0.0909. The van der Waals surface area contributed by atoms with Crippen LogP contribution in [0.1, 0.15) is 5.56 Å². The Kier molecular flexibility index (Phi) is 2.68. The number of aryl methyl sites for hydroxylation is 1. The Bertz CT molecular complexity index is 1520. The van der Waals surface area contributed by atoms with Gasteiger partial charge in [0.05, 0.1) is 34.7 Å². The average molecular weight is 352 g/mol. The summed E-state index contributed by atoms with van der Waals surface area (Å²) >= 11 is 0. The Hall–Kier alpha value is -3.60. The van der Waals surface area contributed by atoms with Gasteiger partial charge in [-0.3, -0.25) is 8.80 Å². The fourth-order valence-corrected chi connectivity index (χ4v) is 4.16. The first-order chi connectivity index (χ1) is 13.3. The van der Waals surface area contributed by atoms with Crippen molar-refractivity contribution < 1.29 is 4.74 Å². The lowest BCUT2D eigenvalue weighted by molar-refractivity contribution is 0.412. The van der Waals surface area contributed by atoms with E-state index >= 15 is 0 Å². The predicted molar refractivity (Wildman–Crippen MR) is 108 cm³/mol. The molecule has 3 heterocycles. The third kappa shape index (κ3) is 1.73. The minimum atomic E-state index is 0.861. The number of hydrogen-bond acceptors (Lipinski definition) is 3. The number of imidazole rings is 2. The summed E-state index contributed by atoms with van der Waals surface area (Å²) in [6, 6.07) is 20.5. The molecule has 0 saturated heterocycles. The monoisotopic (exact) mass is 352 g/mol. The molecule has 0 amide bonds. The highest BCUT2D eigenvalue weighted by Crippen LogP contribution is 2.34. The zero-order valence-corrected chi connectivity index (χ0v) is 15.0. The number of para-hydroxylation sites is 4. The molecule has 6 aromatic rings. The van der Waals surface area contributed by atoms with Crippen LogP contribution in [0.4, 0.5) is 0 Å². The first-order valence-corrected chi connectivity index (χ1v) is 8.91. The number of benzene rings is 3. The Labute approximate surface area is 154 Å². The molecule has 3 aromatic carbocycles. The summed E-state index contributed by atoms with van der Waals surface area (Å²) in [5.41, 5.74) is 7.14. The van der Waals surface area contributed by atoms with E-state index in [0.29, 0.717) is 0 Å². The van der Waals surface area contributed by atoms with E-state index < -0.39 is 0 Å². The molecule has 0 N–H and O–H groups in total. The molecule has 0 saturated carbocycles. The first kappa shape index (κ1) is 14.6. The van der Waals surface area contributed by atoms with Gasteiger partial charge in [-0.05, 0) is 43.3 Å². The van der Waals surface area contributed by atoms with Crippen molar-refractivity contribution in [3.63, 3.8) is 0 Å². The highest BCUT2D eigenvalue weighted by molar-refractivity contribution is 6.03. The lowest BCUT2D eigenvalue weighted by atomic mass is 10.1. The number of nitrogens with zero attached hydrogens (tertiary/aromatic N) is 4.